The summed E-state index contributed by atoms with van der Waals surface area (Å²) in [5.41, 5.74) is 0. The average Bonchev–Trinajstić information content (AvgIpc) is 2.35. The van der Waals surface area contributed by atoms with Crippen molar-refractivity contribution in [3.63, 3.8) is 0 Å². The molecule has 5 heteroatoms. The first-order chi connectivity index (χ1) is 8.60. The molecule has 0 aromatic heterocycles. The maximum atomic E-state index is 11.1. The molecule has 0 heterocycles. The van der Waals surface area contributed by atoms with Crippen molar-refractivity contribution in [2.75, 3.05) is 33.9 Å². The van der Waals surface area contributed by atoms with Gasteiger partial charge in [0.1, 0.15) is 0 Å². The Kier molecular flexibility index (Phi) is 10.3. The van der Waals surface area contributed by atoms with E-state index in [0.29, 0.717) is 26.0 Å². The molecule has 5 nitrogen and oxygen atoms in total. The summed E-state index contributed by atoms with van der Waals surface area (Å²) in [6.45, 7) is 3.91. The Balaban J connectivity index is 3.37. The number of nitrogens with zero attached hydrogens (tertiary/aromatic N) is 1. The topological polar surface area (TPSA) is 55.8 Å². The number of methoxy groups -OCH3 is 1. The Morgan fingerprint density at radius 3 is 2.33 bits per heavy atom. The Morgan fingerprint density at radius 1 is 1.00 bits per heavy atom. The molecule has 0 aromatic carbocycles. The third-order valence-corrected chi connectivity index (χ3v) is 2.65. The Morgan fingerprint density at radius 2 is 1.72 bits per heavy atom. The quantitative estimate of drug-likeness (QED) is 0.440. The van der Waals surface area contributed by atoms with E-state index in [1.807, 2.05) is 14.0 Å². The molecule has 0 aliphatic heterocycles. The number of rotatable bonds is 10. The second kappa shape index (κ2) is 11.0. The van der Waals surface area contributed by atoms with E-state index in [4.69, 9.17) is 4.74 Å². The minimum absolute atomic E-state index is 0.114. The molecule has 0 aliphatic carbocycles. The first-order valence-electron chi connectivity index (χ1n) is 6.51. The van der Waals surface area contributed by atoms with Gasteiger partial charge in [0.15, 0.2) is 0 Å². The van der Waals surface area contributed by atoms with E-state index in [1.54, 1.807) is 0 Å². The van der Waals surface area contributed by atoms with Crippen LogP contribution in [0.1, 0.15) is 39.0 Å². The Labute approximate surface area is 109 Å². The fourth-order valence-corrected chi connectivity index (χ4v) is 1.56. The van der Waals surface area contributed by atoms with E-state index >= 15 is 0 Å². The fraction of sp³-hybridized carbons (Fsp3) is 0.846. The lowest BCUT2D eigenvalue weighted by molar-refractivity contribution is -0.143. The molecule has 0 radical (unpaired) electrons. The van der Waals surface area contributed by atoms with Gasteiger partial charge in [0.05, 0.1) is 20.1 Å². The molecule has 0 aromatic rings. The fourth-order valence-electron chi connectivity index (χ4n) is 1.56. The van der Waals surface area contributed by atoms with E-state index in [0.717, 1.165) is 25.8 Å². The molecule has 18 heavy (non-hydrogen) atoms. The lowest BCUT2D eigenvalue weighted by Crippen LogP contribution is -2.23. The summed E-state index contributed by atoms with van der Waals surface area (Å²) in [4.78, 5) is 24.1. The Bertz CT molecular complexity index is 243. The molecule has 0 amide bonds. The van der Waals surface area contributed by atoms with E-state index in [1.165, 1.54) is 7.11 Å². The minimum atomic E-state index is -0.177. The zero-order valence-corrected chi connectivity index (χ0v) is 11.7. The molecule has 0 bridgehead atoms. The molecular weight excluding hydrogens is 234 g/mol. The van der Waals surface area contributed by atoms with Crippen LogP contribution in [0, 0.1) is 0 Å². The molecule has 0 saturated heterocycles. The van der Waals surface area contributed by atoms with Crippen molar-refractivity contribution >= 4 is 11.9 Å². The van der Waals surface area contributed by atoms with E-state index in [2.05, 4.69) is 9.64 Å². The number of unbranched alkanes of at least 4 members (excludes halogenated alkanes) is 2. The first-order valence-corrected chi connectivity index (χ1v) is 6.51. The molecule has 106 valence electrons. The van der Waals surface area contributed by atoms with Crippen LogP contribution in [0.5, 0.6) is 0 Å². The molecule has 0 N–H and O–H groups in total. The normalized spacial score (nSPS) is 10.4. The number of hydrogen-bond acceptors (Lipinski definition) is 5. The van der Waals surface area contributed by atoms with Crippen LogP contribution in [-0.2, 0) is 19.1 Å². The maximum absolute atomic E-state index is 11.1. The Hall–Kier alpha value is -1.10. The van der Waals surface area contributed by atoms with Crippen molar-refractivity contribution in [2.45, 2.75) is 39.0 Å². The number of ether oxygens (including phenoxy) is 2. The van der Waals surface area contributed by atoms with Crippen molar-refractivity contribution < 1.29 is 19.1 Å². The predicted molar refractivity (Wildman–Crippen MR) is 69.2 cm³/mol. The van der Waals surface area contributed by atoms with Gasteiger partial charge in [-0.15, -0.1) is 0 Å². The first kappa shape index (κ1) is 16.9. The van der Waals surface area contributed by atoms with Gasteiger partial charge in [0.2, 0.25) is 0 Å². The van der Waals surface area contributed by atoms with Crippen LogP contribution in [0.4, 0.5) is 0 Å². The summed E-state index contributed by atoms with van der Waals surface area (Å²) >= 11 is 0. The summed E-state index contributed by atoms with van der Waals surface area (Å²) < 4.78 is 9.42. The third-order valence-electron chi connectivity index (χ3n) is 2.65. The highest BCUT2D eigenvalue weighted by atomic mass is 16.5. The molecular formula is C13H25NO4. The van der Waals surface area contributed by atoms with Crippen LogP contribution in [0.25, 0.3) is 0 Å². The highest BCUT2D eigenvalue weighted by Crippen LogP contribution is 2.03. The van der Waals surface area contributed by atoms with Gasteiger partial charge in [-0.25, -0.2) is 0 Å². The van der Waals surface area contributed by atoms with Crippen LogP contribution in [0.2, 0.25) is 0 Å². The van der Waals surface area contributed by atoms with Crippen LogP contribution in [-0.4, -0.2) is 50.7 Å². The van der Waals surface area contributed by atoms with Gasteiger partial charge in [0.25, 0.3) is 0 Å². The second-order valence-corrected chi connectivity index (χ2v) is 4.25. The van der Waals surface area contributed by atoms with Crippen LogP contribution in [0.3, 0.4) is 0 Å². The molecule has 0 aliphatic rings. The van der Waals surface area contributed by atoms with Crippen LogP contribution < -0.4 is 0 Å². The summed E-state index contributed by atoms with van der Waals surface area (Å²) in [5.74, 6) is -0.291. The largest absolute Gasteiger partial charge is 0.469 e. The third kappa shape index (κ3) is 10.1. The number of carbonyl (C=O) groups excluding carboxylic acids is 2. The summed E-state index contributed by atoms with van der Waals surface area (Å²) in [7, 11) is 3.38. The summed E-state index contributed by atoms with van der Waals surface area (Å²) in [6, 6.07) is 0. The van der Waals surface area contributed by atoms with Gasteiger partial charge in [-0.05, 0) is 33.4 Å². The summed E-state index contributed by atoms with van der Waals surface area (Å²) in [6.07, 6.45) is 3.82. The van der Waals surface area contributed by atoms with Crippen molar-refractivity contribution in [1.82, 2.24) is 4.90 Å². The van der Waals surface area contributed by atoms with Crippen molar-refractivity contribution in [2.24, 2.45) is 0 Å². The standard InChI is InChI=1S/C13H25NO4/c1-4-18-13(16)8-6-5-7-10-14(2)11-9-12(15)17-3/h4-11H2,1-3H3. The van der Waals surface area contributed by atoms with Gasteiger partial charge in [0, 0.05) is 13.0 Å². The maximum Gasteiger partial charge on any atom is 0.306 e. The predicted octanol–water partition coefficient (Wildman–Crippen LogP) is 1.60. The summed E-state index contributed by atoms with van der Waals surface area (Å²) in [5, 5.41) is 0. The van der Waals surface area contributed by atoms with Gasteiger partial charge in [-0.3, -0.25) is 9.59 Å². The van der Waals surface area contributed by atoms with Gasteiger partial charge >= 0.3 is 11.9 Å². The number of hydrogen-bond donors (Lipinski definition) is 0. The zero-order chi connectivity index (χ0) is 13.8. The molecule has 0 rings (SSSR count). The highest BCUT2D eigenvalue weighted by molar-refractivity contribution is 5.69. The number of carbonyl (C=O) groups is 2. The van der Waals surface area contributed by atoms with E-state index in [-0.39, 0.29) is 11.9 Å². The SMILES string of the molecule is CCOC(=O)CCCCCN(C)CCC(=O)OC. The molecule has 0 saturated carbocycles. The highest BCUT2D eigenvalue weighted by Gasteiger charge is 2.04. The smallest absolute Gasteiger partial charge is 0.306 e. The molecule has 0 unspecified atom stereocenters. The van der Waals surface area contributed by atoms with Crippen molar-refractivity contribution in [3.8, 4) is 0 Å². The average molecular weight is 259 g/mol. The minimum Gasteiger partial charge on any atom is -0.469 e. The van der Waals surface area contributed by atoms with Crippen molar-refractivity contribution in [1.29, 1.82) is 0 Å². The van der Waals surface area contributed by atoms with Crippen LogP contribution >= 0.6 is 0 Å². The molecule has 0 atom stereocenters. The lowest BCUT2D eigenvalue weighted by Gasteiger charge is -2.15. The number of esters is 2. The molecule has 0 spiro atoms. The van der Waals surface area contributed by atoms with Crippen LogP contribution in [0.15, 0.2) is 0 Å². The zero-order valence-electron chi connectivity index (χ0n) is 11.7. The van der Waals surface area contributed by atoms with Gasteiger partial charge in [-0.1, -0.05) is 6.42 Å². The van der Waals surface area contributed by atoms with Gasteiger partial charge < -0.3 is 14.4 Å². The monoisotopic (exact) mass is 259 g/mol. The second-order valence-electron chi connectivity index (χ2n) is 4.25. The van der Waals surface area contributed by atoms with E-state index < -0.39 is 0 Å². The molecule has 0 fully saturated rings. The lowest BCUT2D eigenvalue weighted by atomic mass is 10.2. The van der Waals surface area contributed by atoms with E-state index in [9.17, 15) is 9.59 Å². The van der Waals surface area contributed by atoms with Crippen molar-refractivity contribution in [3.05, 3.63) is 0 Å². The van der Waals surface area contributed by atoms with Gasteiger partial charge in [-0.2, -0.15) is 0 Å².